The Bertz CT molecular complexity index is 720. The Balaban J connectivity index is 2.15. The zero-order valence-electron chi connectivity index (χ0n) is 14.5. The van der Waals surface area contributed by atoms with Gasteiger partial charge in [-0.15, -0.1) is 0 Å². The highest BCUT2D eigenvalue weighted by Gasteiger charge is 2.22. The van der Waals surface area contributed by atoms with E-state index in [1.807, 2.05) is 6.92 Å². The number of methoxy groups -OCH3 is 1. The minimum Gasteiger partial charge on any atom is -0.378 e. The minimum absolute atomic E-state index is 0.530. The van der Waals surface area contributed by atoms with Crippen LogP contribution >= 0.6 is 0 Å². The van der Waals surface area contributed by atoms with Crippen molar-refractivity contribution in [3.63, 3.8) is 0 Å². The van der Waals surface area contributed by atoms with E-state index in [-0.39, 0.29) is 0 Å². The topological polar surface area (TPSA) is 48.4 Å². The number of piperidine rings is 1. The summed E-state index contributed by atoms with van der Waals surface area (Å²) in [6.07, 6.45) is 7.30. The first-order chi connectivity index (χ1) is 11.7. The highest BCUT2D eigenvalue weighted by molar-refractivity contribution is 5.88. The Morgan fingerprint density at radius 3 is 2.83 bits per heavy atom. The summed E-state index contributed by atoms with van der Waals surface area (Å²) < 4.78 is 5.29. The van der Waals surface area contributed by atoms with Crippen LogP contribution in [0.1, 0.15) is 37.3 Å². The van der Waals surface area contributed by atoms with Gasteiger partial charge in [0.1, 0.15) is 0 Å². The lowest BCUT2D eigenvalue weighted by atomic mass is 9.96. The molecular formula is C20H25N3O. The summed E-state index contributed by atoms with van der Waals surface area (Å²) in [5.41, 5.74) is 9.72. The highest BCUT2D eigenvalue weighted by Crippen LogP contribution is 2.35. The molecule has 1 aromatic carbocycles. The fourth-order valence-electron chi connectivity index (χ4n) is 3.36. The molecule has 126 valence electrons. The van der Waals surface area contributed by atoms with Gasteiger partial charge in [0.05, 0.1) is 12.3 Å². The molecule has 3 rings (SSSR count). The van der Waals surface area contributed by atoms with Gasteiger partial charge in [-0.2, -0.15) is 0 Å². The second-order valence-corrected chi connectivity index (χ2v) is 6.34. The van der Waals surface area contributed by atoms with Crippen LogP contribution < -0.4 is 10.2 Å². The van der Waals surface area contributed by atoms with E-state index in [0.29, 0.717) is 6.61 Å². The van der Waals surface area contributed by atoms with Crippen LogP contribution in [0.5, 0.6) is 0 Å². The van der Waals surface area contributed by atoms with E-state index in [1.54, 1.807) is 7.11 Å². The van der Waals surface area contributed by atoms with Crippen LogP contribution in [0.4, 0.5) is 5.69 Å². The highest BCUT2D eigenvalue weighted by atomic mass is 16.5. The van der Waals surface area contributed by atoms with Crippen LogP contribution in [0.3, 0.4) is 0 Å². The van der Waals surface area contributed by atoms with Gasteiger partial charge in [-0.1, -0.05) is 17.9 Å². The van der Waals surface area contributed by atoms with Crippen LogP contribution in [0.15, 0.2) is 35.2 Å². The van der Waals surface area contributed by atoms with Gasteiger partial charge in [-0.25, -0.2) is 0 Å². The molecule has 0 aliphatic carbocycles. The maximum atomic E-state index is 7.48. The third kappa shape index (κ3) is 3.45. The number of allylic oxidation sites excluding steroid dienone is 1. The largest absolute Gasteiger partial charge is 0.378 e. The molecule has 0 atom stereocenters. The average molecular weight is 323 g/mol. The van der Waals surface area contributed by atoms with Crippen molar-refractivity contribution in [3.8, 4) is 0 Å². The van der Waals surface area contributed by atoms with E-state index < -0.39 is 0 Å². The molecule has 2 heterocycles. The molecule has 24 heavy (non-hydrogen) atoms. The first-order valence-electron chi connectivity index (χ1n) is 8.56. The molecule has 2 aliphatic rings. The SMILES string of the molecule is COCC1=Cc2cccc(N3CCCCC3)c2C(=C=C(C)C=N)N1. The molecular weight excluding hydrogens is 298 g/mol. The minimum atomic E-state index is 0.530. The molecule has 4 nitrogen and oxygen atoms in total. The predicted octanol–water partition coefficient (Wildman–Crippen LogP) is 3.80. The molecule has 0 amide bonds. The molecule has 0 unspecified atom stereocenters. The lowest BCUT2D eigenvalue weighted by Crippen LogP contribution is -2.31. The van der Waals surface area contributed by atoms with Crippen LogP contribution in [0.2, 0.25) is 0 Å². The summed E-state index contributed by atoms with van der Waals surface area (Å²) in [7, 11) is 1.70. The number of hydrogen-bond donors (Lipinski definition) is 2. The van der Waals surface area contributed by atoms with Gasteiger partial charge in [-0.05, 0) is 43.9 Å². The van der Waals surface area contributed by atoms with Gasteiger partial charge in [0.15, 0.2) is 0 Å². The molecule has 1 fully saturated rings. The zero-order valence-corrected chi connectivity index (χ0v) is 14.5. The maximum absolute atomic E-state index is 7.48. The number of ether oxygens (including phenoxy) is 1. The van der Waals surface area contributed by atoms with E-state index >= 15 is 0 Å². The number of anilines is 1. The van der Waals surface area contributed by atoms with E-state index in [0.717, 1.165) is 30.1 Å². The van der Waals surface area contributed by atoms with Crippen molar-refractivity contribution in [2.24, 2.45) is 0 Å². The fourth-order valence-corrected chi connectivity index (χ4v) is 3.36. The molecule has 0 saturated carbocycles. The van der Waals surface area contributed by atoms with Crippen molar-refractivity contribution >= 4 is 23.7 Å². The third-order valence-corrected chi connectivity index (χ3v) is 4.48. The maximum Gasteiger partial charge on any atom is 0.0920 e. The molecule has 1 aromatic rings. The summed E-state index contributed by atoms with van der Waals surface area (Å²) in [6.45, 7) is 4.64. The smallest absolute Gasteiger partial charge is 0.0920 e. The second kappa shape index (κ2) is 7.52. The number of benzene rings is 1. The molecule has 2 N–H and O–H groups in total. The Kier molecular flexibility index (Phi) is 5.19. The van der Waals surface area contributed by atoms with Crippen molar-refractivity contribution in [1.82, 2.24) is 5.32 Å². The van der Waals surface area contributed by atoms with Crippen LogP contribution in [-0.4, -0.2) is 33.0 Å². The zero-order chi connectivity index (χ0) is 16.9. The monoisotopic (exact) mass is 323 g/mol. The van der Waals surface area contributed by atoms with Crippen LogP contribution in [-0.2, 0) is 4.74 Å². The number of nitrogens with one attached hydrogen (secondary N) is 2. The van der Waals surface area contributed by atoms with Crippen molar-refractivity contribution in [2.75, 3.05) is 31.7 Å². The van der Waals surface area contributed by atoms with Gasteiger partial charge in [0.2, 0.25) is 0 Å². The molecule has 4 heteroatoms. The summed E-state index contributed by atoms with van der Waals surface area (Å²) in [4.78, 5) is 2.47. The van der Waals surface area contributed by atoms with E-state index in [2.05, 4.69) is 40.2 Å². The average Bonchev–Trinajstić information content (AvgIpc) is 2.62. The van der Waals surface area contributed by atoms with Crippen LogP contribution in [0.25, 0.3) is 11.8 Å². The van der Waals surface area contributed by atoms with E-state index in [1.165, 1.54) is 42.3 Å². The predicted molar refractivity (Wildman–Crippen MR) is 100 cm³/mol. The standard InChI is InChI=1S/C20H25N3O/c1-15(13-21)11-18-20-16(12-17(22-18)14-24-2)7-6-8-19(20)23-9-4-3-5-10-23/h6-8,12-13,21-22H,3-5,9-10,14H2,1-2H3. The van der Waals surface area contributed by atoms with Gasteiger partial charge in [0, 0.05) is 48.9 Å². The molecule has 0 radical (unpaired) electrons. The Morgan fingerprint density at radius 1 is 1.33 bits per heavy atom. The second-order valence-electron chi connectivity index (χ2n) is 6.34. The molecule has 1 saturated heterocycles. The molecule has 0 spiro atoms. The number of hydrogen-bond acceptors (Lipinski definition) is 4. The normalized spacial score (nSPS) is 16.7. The summed E-state index contributed by atoms with van der Waals surface area (Å²) in [5.74, 6) is 0. The van der Waals surface area contributed by atoms with Crippen molar-refractivity contribution < 1.29 is 4.74 Å². The van der Waals surface area contributed by atoms with Gasteiger partial charge in [-0.3, -0.25) is 0 Å². The number of fused-ring (bicyclic) bond motifs is 1. The van der Waals surface area contributed by atoms with Gasteiger partial charge >= 0.3 is 0 Å². The van der Waals surface area contributed by atoms with Crippen molar-refractivity contribution in [2.45, 2.75) is 26.2 Å². The van der Waals surface area contributed by atoms with E-state index in [9.17, 15) is 0 Å². The lowest BCUT2D eigenvalue weighted by Gasteiger charge is -2.33. The Morgan fingerprint density at radius 2 is 2.12 bits per heavy atom. The number of nitrogens with zero attached hydrogens (tertiary/aromatic N) is 1. The fraction of sp³-hybridized carbons (Fsp3) is 0.400. The van der Waals surface area contributed by atoms with Gasteiger partial charge < -0.3 is 20.4 Å². The van der Waals surface area contributed by atoms with Crippen LogP contribution in [0, 0.1) is 5.41 Å². The molecule has 0 aromatic heterocycles. The van der Waals surface area contributed by atoms with Crippen molar-refractivity contribution in [1.29, 1.82) is 5.41 Å². The summed E-state index contributed by atoms with van der Waals surface area (Å²) >= 11 is 0. The number of rotatable bonds is 4. The summed E-state index contributed by atoms with van der Waals surface area (Å²) in [6, 6.07) is 6.46. The summed E-state index contributed by atoms with van der Waals surface area (Å²) in [5, 5.41) is 10.9. The first-order valence-corrected chi connectivity index (χ1v) is 8.56. The van der Waals surface area contributed by atoms with Crippen molar-refractivity contribution in [3.05, 3.63) is 46.3 Å². The first kappa shape index (κ1) is 16.6. The lowest BCUT2D eigenvalue weighted by molar-refractivity contribution is 0.223. The molecule has 0 bridgehead atoms. The Hall–Kier alpha value is -2.29. The Labute approximate surface area is 144 Å². The van der Waals surface area contributed by atoms with E-state index in [4.69, 9.17) is 10.1 Å². The quantitative estimate of drug-likeness (QED) is 0.654. The molecule has 2 aliphatic heterocycles. The third-order valence-electron chi connectivity index (χ3n) is 4.48. The van der Waals surface area contributed by atoms with Gasteiger partial charge in [0.25, 0.3) is 0 Å².